The fourth-order valence-electron chi connectivity index (χ4n) is 3.37. The van der Waals surface area contributed by atoms with Gasteiger partial charge in [-0.1, -0.05) is 25.0 Å². The van der Waals surface area contributed by atoms with Crippen LogP contribution in [0.25, 0.3) is 6.08 Å². The number of piperidine rings is 1. The van der Waals surface area contributed by atoms with Crippen LogP contribution in [0.15, 0.2) is 30.3 Å². The minimum atomic E-state index is -0.000838. The van der Waals surface area contributed by atoms with Gasteiger partial charge in [-0.25, -0.2) is 0 Å². The zero-order chi connectivity index (χ0) is 16.8. The number of Topliss-reactive ketones (excluding diaryl/α,β-unsaturated/α-hetero) is 1. The third-order valence-corrected chi connectivity index (χ3v) is 4.92. The number of benzene rings is 1. The van der Waals surface area contributed by atoms with E-state index in [2.05, 4.69) is 29.2 Å². The van der Waals surface area contributed by atoms with Gasteiger partial charge < -0.3 is 9.80 Å². The summed E-state index contributed by atoms with van der Waals surface area (Å²) in [6.45, 7) is 3.38. The van der Waals surface area contributed by atoms with Gasteiger partial charge >= 0.3 is 0 Å². The molecule has 128 valence electrons. The third kappa shape index (κ3) is 4.47. The lowest BCUT2D eigenvalue weighted by Crippen LogP contribution is -2.37. The smallest absolute Gasteiger partial charge is 0.246 e. The number of anilines is 1. The number of carbonyl (C=O) groups is 2. The van der Waals surface area contributed by atoms with Crippen LogP contribution in [0.3, 0.4) is 0 Å². The Morgan fingerprint density at radius 1 is 0.875 bits per heavy atom. The highest BCUT2D eigenvalue weighted by Crippen LogP contribution is 2.20. The van der Waals surface area contributed by atoms with Gasteiger partial charge in [0.25, 0.3) is 0 Å². The van der Waals surface area contributed by atoms with Crippen LogP contribution in [0.1, 0.15) is 44.1 Å². The van der Waals surface area contributed by atoms with Crippen molar-refractivity contribution >= 4 is 23.5 Å². The minimum Gasteiger partial charge on any atom is -0.372 e. The molecule has 3 rings (SSSR count). The van der Waals surface area contributed by atoms with Gasteiger partial charge in [-0.15, -0.1) is 0 Å². The molecule has 2 saturated heterocycles. The van der Waals surface area contributed by atoms with Gasteiger partial charge in [0.1, 0.15) is 5.78 Å². The summed E-state index contributed by atoms with van der Waals surface area (Å²) < 4.78 is 0. The van der Waals surface area contributed by atoms with E-state index in [1.54, 1.807) is 11.0 Å². The van der Waals surface area contributed by atoms with Gasteiger partial charge in [0.15, 0.2) is 0 Å². The Kier molecular flexibility index (Phi) is 5.68. The molecule has 2 aliphatic rings. The number of likely N-dealkylation sites (tertiary alicyclic amines) is 1. The van der Waals surface area contributed by atoms with Gasteiger partial charge in [-0.2, -0.15) is 0 Å². The Bertz CT molecular complexity index is 589. The first-order valence-electron chi connectivity index (χ1n) is 9.06. The van der Waals surface area contributed by atoms with Crippen LogP contribution in [0.5, 0.6) is 0 Å². The summed E-state index contributed by atoms with van der Waals surface area (Å²) >= 11 is 0. The lowest BCUT2D eigenvalue weighted by Gasteiger charge is -2.24. The zero-order valence-electron chi connectivity index (χ0n) is 14.2. The van der Waals surface area contributed by atoms with Crippen molar-refractivity contribution in [3.8, 4) is 0 Å². The SMILES string of the molecule is O=C1CCN(C(=O)C=Cc2ccc(N3CCCCCC3)cc2)CC1. The second kappa shape index (κ2) is 8.13. The van der Waals surface area contributed by atoms with Crippen molar-refractivity contribution in [3.05, 3.63) is 35.9 Å². The van der Waals surface area contributed by atoms with Gasteiger partial charge in [0, 0.05) is 50.8 Å². The summed E-state index contributed by atoms with van der Waals surface area (Å²) in [4.78, 5) is 27.6. The molecule has 0 N–H and O–H groups in total. The van der Waals surface area contributed by atoms with Crippen molar-refractivity contribution in [2.45, 2.75) is 38.5 Å². The molecule has 2 heterocycles. The van der Waals surface area contributed by atoms with E-state index in [9.17, 15) is 9.59 Å². The van der Waals surface area contributed by atoms with Gasteiger partial charge in [0.2, 0.25) is 5.91 Å². The van der Waals surface area contributed by atoms with Crippen LogP contribution >= 0.6 is 0 Å². The minimum absolute atomic E-state index is 0.000838. The molecule has 2 aliphatic heterocycles. The molecule has 0 aliphatic carbocycles. The van der Waals surface area contributed by atoms with Gasteiger partial charge in [-0.3, -0.25) is 9.59 Å². The molecule has 0 unspecified atom stereocenters. The monoisotopic (exact) mass is 326 g/mol. The molecule has 0 spiro atoms. The molecule has 2 fully saturated rings. The predicted octanol–water partition coefficient (Wildman–Crippen LogP) is 3.27. The Labute approximate surface area is 144 Å². The maximum atomic E-state index is 12.2. The van der Waals surface area contributed by atoms with Gasteiger partial charge in [-0.05, 0) is 36.6 Å². The summed E-state index contributed by atoms with van der Waals surface area (Å²) in [7, 11) is 0. The first-order chi connectivity index (χ1) is 11.7. The standard InChI is InChI=1S/C20H26N2O2/c23-19-11-15-22(16-12-19)20(24)10-7-17-5-8-18(9-6-17)21-13-3-1-2-4-14-21/h5-10H,1-4,11-16H2. The van der Waals surface area contributed by atoms with E-state index in [1.807, 2.05) is 6.08 Å². The lowest BCUT2D eigenvalue weighted by atomic mass is 10.1. The van der Waals surface area contributed by atoms with Crippen molar-refractivity contribution in [2.75, 3.05) is 31.1 Å². The molecular weight excluding hydrogens is 300 g/mol. The number of hydrogen-bond donors (Lipinski definition) is 0. The topological polar surface area (TPSA) is 40.6 Å². The van der Waals surface area contributed by atoms with Crippen LogP contribution < -0.4 is 4.90 Å². The number of nitrogens with zero attached hydrogens (tertiary/aromatic N) is 2. The lowest BCUT2D eigenvalue weighted by molar-refractivity contribution is -0.130. The Morgan fingerprint density at radius 2 is 1.50 bits per heavy atom. The molecule has 1 aromatic carbocycles. The van der Waals surface area contributed by atoms with Crippen LogP contribution in [0.2, 0.25) is 0 Å². The Morgan fingerprint density at radius 3 is 2.12 bits per heavy atom. The average molecular weight is 326 g/mol. The highest BCUT2D eigenvalue weighted by Gasteiger charge is 2.18. The Balaban J connectivity index is 1.57. The second-order valence-corrected chi connectivity index (χ2v) is 6.69. The van der Waals surface area contributed by atoms with Crippen molar-refractivity contribution in [1.82, 2.24) is 4.90 Å². The van der Waals surface area contributed by atoms with Crippen molar-refractivity contribution in [3.63, 3.8) is 0 Å². The zero-order valence-corrected chi connectivity index (χ0v) is 14.2. The van der Waals surface area contributed by atoms with Crippen molar-refractivity contribution in [1.29, 1.82) is 0 Å². The Hall–Kier alpha value is -2.10. The third-order valence-electron chi connectivity index (χ3n) is 4.92. The quantitative estimate of drug-likeness (QED) is 0.801. The van der Waals surface area contributed by atoms with Crippen LogP contribution in [0.4, 0.5) is 5.69 Å². The summed E-state index contributed by atoms with van der Waals surface area (Å²) in [6, 6.07) is 8.44. The number of amides is 1. The summed E-state index contributed by atoms with van der Waals surface area (Å²) in [5.41, 5.74) is 2.31. The average Bonchev–Trinajstić information content (AvgIpc) is 2.90. The second-order valence-electron chi connectivity index (χ2n) is 6.69. The first-order valence-corrected chi connectivity index (χ1v) is 9.06. The fraction of sp³-hybridized carbons (Fsp3) is 0.500. The van der Waals surface area contributed by atoms with E-state index < -0.39 is 0 Å². The van der Waals surface area contributed by atoms with E-state index in [-0.39, 0.29) is 11.7 Å². The van der Waals surface area contributed by atoms with E-state index >= 15 is 0 Å². The highest BCUT2D eigenvalue weighted by molar-refractivity contribution is 5.93. The molecule has 24 heavy (non-hydrogen) atoms. The van der Waals surface area contributed by atoms with E-state index in [1.165, 1.54) is 31.4 Å². The summed E-state index contributed by atoms with van der Waals surface area (Å²) in [6.07, 6.45) is 9.68. The molecule has 4 heteroatoms. The van der Waals surface area contributed by atoms with E-state index in [0.717, 1.165) is 18.7 Å². The number of ketones is 1. The molecule has 4 nitrogen and oxygen atoms in total. The normalized spacial score (nSPS) is 19.6. The first kappa shape index (κ1) is 16.7. The van der Waals surface area contributed by atoms with E-state index in [0.29, 0.717) is 25.9 Å². The molecular formula is C20H26N2O2. The van der Waals surface area contributed by atoms with Crippen molar-refractivity contribution in [2.24, 2.45) is 0 Å². The molecule has 0 aromatic heterocycles. The van der Waals surface area contributed by atoms with Crippen LogP contribution in [-0.2, 0) is 9.59 Å². The van der Waals surface area contributed by atoms with Crippen LogP contribution in [0, 0.1) is 0 Å². The number of hydrogen-bond acceptors (Lipinski definition) is 3. The molecule has 0 radical (unpaired) electrons. The molecule has 1 aromatic rings. The largest absolute Gasteiger partial charge is 0.372 e. The maximum absolute atomic E-state index is 12.2. The van der Waals surface area contributed by atoms with Gasteiger partial charge in [0.05, 0.1) is 0 Å². The van der Waals surface area contributed by atoms with Crippen LogP contribution in [-0.4, -0.2) is 42.8 Å². The predicted molar refractivity (Wildman–Crippen MR) is 97.0 cm³/mol. The molecule has 0 atom stereocenters. The number of rotatable bonds is 3. The van der Waals surface area contributed by atoms with E-state index in [4.69, 9.17) is 0 Å². The molecule has 0 bridgehead atoms. The maximum Gasteiger partial charge on any atom is 0.246 e. The molecule has 1 amide bonds. The molecule has 0 saturated carbocycles. The summed E-state index contributed by atoms with van der Waals surface area (Å²) in [5.74, 6) is 0.256. The fourth-order valence-corrected chi connectivity index (χ4v) is 3.37. The van der Waals surface area contributed by atoms with Crippen molar-refractivity contribution < 1.29 is 9.59 Å². The number of carbonyl (C=O) groups excluding carboxylic acids is 2. The highest BCUT2D eigenvalue weighted by atomic mass is 16.2. The summed E-state index contributed by atoms with van der Waals surface area (Å²) in [5, 5.41) is 0.